The first-order chi connectivity index (χ1) is 7.69. The van der Waals surface area contributed by atoms with Crippen LogP contribution in [0.25, 0.3) is 0 Å². The third-order valence-electron chi connectivity index (χ3n) is 3.60. The summed E-state index contributed by atoms with van der Waals surface area (Å²) in [6.45, 7) is 9.50. The second kappa shape index (κ2) is 4.92. The van der Waals surface area contributed by atoms with Crippen molar-refractivity contribution in [2.24, 2.45) is 5.73 Å². The van der Waals surface area contributed by atoms with Gasteiger partial charge in [0, 0.05) is 31.7 Å². The van der Waals surface area contributed by atoms with Crippen molar-refractivity contribution in [3.8, 4) is 0 Å². The lowest BCUT2D eigenvalue weighted by Crippen LogP contribution is -2.62. The van der Waals surface area contributed by atoms with E-state index in [1.54, 1.807) is 6.92 Å². The van der Waals surface area contributed by atoms with Crippen molar-refractivity contribution in [2.75, 3.05) is 40.3 Å². The van der Waals surface area contributed by atoms with E-state index in [0.717, 1.165) is 19.6 Å². The summed E-state index contributed by atoms with van der Waals surface area (Å²) >= 11 is 0. The molecular weight excluding hydrogens is 218 g/mol. The maximum Gasteiger partial charge on any atom is 0.326 e. The van der Waals surface area contributed by atoms with Gasteiger partial charge in [-0.2, -0.15) is 0 Å². The fourth-order valence-electron chi connectivity index (χ4n) is 2.24. The molecule has 0 spiro atoms. The van der Waals surface area contributed by atoms with Crippen LogP contribution in [0.1, 0.15) is 20.8 Å². The molecule has 1 aliphatic heterocycles. The molecule has 0 amide bonds. The summed E-state index contributed by atoms with van der Waals surface area (Å²) in [4.78, 5) is 16.1. The normalized spacial score (nSPS) is 25.3. The van der Waals surface area contributed by atoms with Crippen LogP contribution in [0.3, 0.4) is 0 Å². The highest BCUT2D eigenvalue weighted by molar-refractivity contribution is 5.80. The zero-order valence-corrected chi connectivity index (χ0v) is 11.6. The monoisotopic (exact) mass is 243 g/mol. The molecular formula is C12H25N3O2. The number of methoxy groups -OCH3 is 1. The van der Waals surface area contributed by atoms with Crippen LogP contribution in [0.2, 0.25) is 0 Å². The Bertz CT molecular complexity index is 289. The maximum atomic E-state index is 11.5. The van der Waals surface area contributed by atoms with Crippen molar-refractivity contribution in [3.63, 3.8) is 0 Å². The van der Waals surface area contributed by atoms with Gasteiger partial charge in [0.05, 0.1) is 7.11 Å². The van der Waals surface area contributed by atoms with Crippen LogP contribution in [0.15, 0.2) is 0 Å². The first-order valence-electron chi connectivity index (χ1n) is 6.00. The molecule has 0 aliphatic carbocycles. The fourth-order valence-corrected chi connectivity index (χ4v) is 2.24. The molecule has 100 valence electrons. The van der Waals surface area contributed by atoms with Crippen molar-refractivity contribution < 1.29 is 9.53 Å². The van der Waals surface area contributed by atoms with Gasteiger partial charge in [0.15, 0.2) is 0 Å². The molecule has 5 nitrogen and oxygen atoms in total. The Labute approximate surface area is 104 Å². The minimum atomic E-state index is -0.930. The lowest BCUT2D eigenvalue weighted by molar-refractivity contribution is -0.147. The predicted octanol–water partition coefficient (Wildman–Crippen LogP) is -0.0972. The molecule has 1 unspecified atom stereocenters. The molecule has 1 heterocycles. The average molecular weight is 243 g/mol. The molecule has 5 heteroatoms. The van der Waals surface area contributed by atoms with E-state index in [1.807, 2.05) is 0 Å². The van der Waals surface area contributed by atoms with Crippen LogP contribution >= 0.6 is 0 Å². The highest BCUT2D eigenvalue weighted by atomic mass is 16.5. The topological polar surface area (TPSA) is 58.8 Å². The molecule has 17 heavy (non-hydrogen) atoms. The molecule has 1 saturated heterocycles. The number of piperazine rings is 1. The Balaban J connectivity index is 2.62. The van der Waals surface area contributed by atoms with E-state index in [-0.39, 0.29) is 11.5 Å². The quantitative estimate of drug-likeness (QED) is 0.702. The minimum absolute atomic E-state index is 0.116. The predicted molar refractivity (Wildman–Crippen MR) is 67.8 cm³/mol. The molecule has 0 aromatic heterocycles. The number of hydrogen-bond donors (Lipinski definition) is 1. The molecule has 0 saturated carbocycles. The Kier molecular flexibility index (Phi) is 4.17. The number of rotatable bonds is 3. The number of esters is 1. The van der Waals surface area contributed by atoms with Gasteiger partial charge in [-0.15, -0.1) is 0 Å². The van der Waals surface area contributed by atoms with Gasteiger partial charge in [-0.25, -0.2) is 0 Å². The standard InChI is InChI=1S/C12H25N3O2/c1-11(2)8-15(7-6-14(11)4)9-12(3,13)10(16)17-5/h6-9,13H2,1-5H3. The third kappa shape index (κ3) is 3.40. The average Bonchev–Trinajstić information content (AvgIpc) is 2.21. The number of ether oxygens (including phenoxy) is 1. The fraction of sp³-hybridized carbons (Fsp3) is 0.917. The highest BCUT2D eigenvalue weighted by Crippen LogP contribution is 2.20. The Morgan fingerprint density at radius 3 is 2.53 bits per heavy atom. The van der Waals surface area contributed by atoms with Crippen molar-refractivity contribution >= 4 is 5.97 Å². The van der Waals surface area contributed by atoms with E-state index in [9.17, 15) is 4.79 Å². The molecule has 2 N–H and O–H groups in total. The van der Waals surface area contributed by atoms with Gasteiger partial charge >= 0.3 is 5.97 Å². The lowest BCUT2D eigenvalue weighted by Gasteiger charge is -2.46. The Morgan fingerprint density at radius 2 is 2.06 bits per heavy atom. The van der Waals surface area contributed by atoms with Crippen LogP contribution in [0.4, 0.5) is 0 Å². The summed E-state index contributed by atoms with van der Waals surface area (Å²) in [7, 11) is 3.50. The first kappa shape index (κ1) is 14.4. The first-order valence-corrected chi connectivity index (χ1v) is 6.00. The van der Waals surface area contributed by atoms with Gasteiger partial charge in [-0.1, -0.05) is 0 Å². The molecule has 0 bridgehead atoms. The highest BCUT2D eigenvalue weighted by Gasteiger charge is 2.37. The minimum Gasteiger partial charge on any atom is -0.468 e. The summed E-state index contributed by atoms with van der Waals surface area (Å²) in [5.41, 5.74) is 5.18. The lowest BCUT2D eigenvalue weighted by atomic mass is 9.97. The maximum absolute atomic E-state index is 11.5. The zero-order chi connectivity index (χ0) is 13.3. The van der Waals surface area contributed by atoms with Gasteiger partial charge in [0.2, 0.25) is 0 Å². The third-order valence-corrected chi connectivity index (χ3v) is 3.60. The summed E-state index contributed by atoms with van der Waals surface area (Å²) in [6.07, 6.45) is 0. The summed E-state index contributed by atoms with van der Waals surface area (Å²) in [6, 6.07) is 0. The second-order valence-electron chi connectivity index (χ2n) is 5.85. The van der Waals surface area contributed by atoms with Gasteiger partial charge in [0.1, 0.15) is 5.54 Å². The smallest absolute Gasteiger partial charge is 0.326 e. The Morgan fingerprint density at radius 1 is 1.47 bits per heavy atom. The van der Waals surface area contributed by atoms with E-state index in [4.69, 9.17) is 10.5 Å². The van der Waals surface area contributed by atoms with Crippen molar-refractivity contribution in [1.82, 2.24) is 9.80 Å². The molecule has 0 aromatic rings. The Hall–Kier alpha value is -0.650. The number of carbonyl (C=O) groups excluding carboxylic acids is 1. The molecule has 0 aromatic carbocycles. The largest absolute Gasteiger partial charge is 0.468 e. The number of carbonyl (C=O) groups is 1. The molecule has 1 atom stereocenters. The van der Waals surface area contributed by atoms with E-state index in [1.165, 1.54) is 7.11 Å². The van der Waals surface area contributed by atoms with Crippen LogP contribution in [-0.4, -0.2) is 67.2 Å². The van der Waals surface area contributed by atoms with Gasteiger partial charge in [-0.3, -0.25) is 14.6 Å². The number of hydrogen-bond acceptors (Lipinski definition) is 5. The number of likely N-dealkylation sites (N-methyl/N-ethyl adjacent to an activating group) is 1. The van der Waals surface area contributed by atoms with Crippen molar-refractivity contribution in [1.29, 1.82) is 0 Å². The van der Waals surface area contributed by atoms with E-state index >= 15 is 0 Å². The molecule has 1 rings (SSSR count). The van der Waals surface area contributed by atoms with Crippen LogP contribution in [0.5, 0.6) is 0 Å². The van der Waals surface area contributed by atoms with Crippen LogP contribution in [-0.2, 0) is 9.53 Å². The molecule has 1 aliphatic rings. The second-order valence-corrected chi connectivity index (χ2v) is 5.85. The summed E-state index contributed by atoms with van der Waals surface area (Å²) in [5, 5.41) is 0. The molecule has 1 fully saturated rings. The van der Waals surface area contributed by atoms with Gasteiger partial charge in [-0.05, 0) is 27.8 Å². The van der Waals surface area contributed by atoms with E-state index < -0.39 is 5.54 Å². The number of nitrogens with zero attached hydrogens (tertiary/aromatic N) is 2. The van der Waals surface area contributed by atoms with Gasteiger partial charge < -0.3 is 10.5 Å². The van der Waals surface area contributed by atoms with E-state index in [0.29, 0.717) is 6.54 Å². The van der Waals surface area contributed by atoms with Gasteiger partial charge in [0.25, 0.3) is 0 Å². The SMILES string of the molecule is COC(=O)C(C)(N)CN1CCN(C)C(C)(C)C1. The zero-order valence-electron chi connectivity index (χ0n) is 11.6. The summed E-state index contributed by atoms with van der Waals surface area (Å²) in [5.74, 6) is -0.353. The molecule has 0 radical (unpaired) electrons. The number of nitrogens with two attached hydrogens (primary N) is 1. The van der Waals surface area contributed by atoms with Crippen molar-refractivity contribution in [3.05, 3.63) is 0 Å². The van der Waals surface area contributed by atoms with E-state index in [2.05, 4.69) is 30.7 Å². The van der Waals surface area contributed by atoms with Crippen LogP contribution in [0, 0.1) is 0 Å². The van der Waals surface area contributed by atoms with Crippen molar-refractivity contribution in [2.45, 2.75) is 31.8 Å². The van der Waals surface area contributed by atoms with Crippen LogP contribution < -0.4 is 5.73 Å². The summed E-state index contributed by atoms with van der Waals surface area (Å²) < 4.78 is 4.73.